The molecule has 4 nitrogen and oxygen atoms in total. The molecule has 0 aromatic heterocycles. The summed E-state index contributed by atoms with van der Waals surface area (Å²) < 4.78 is 5.33. The average molecular weight is 418 g/mol. The normalized spacial score (nSPS) is 11.3. The molecule has 1 amide bonds. The van der Waals surface area contributed by atoms with Crippen LogP contribution in [0.15, 0.2) is 24.3 Å². The molecule has 1 aromatic carbocycles. The third kappa shape index (κ3) is 14.2. The highest BCUT2D eigenvalue weighted by Crippen LogP contribution is 2.15. The Morgan fingerprint density at radius 1 is 0.800 bits per heavy atom. The zero-order valence-electron chi connectivity index (χ0n) is 19.7. The van der Waals surface area contributed by atoms with Crippen LogP contribution in [0.25, 0.3) is 0 Å². The van der Waals surface area contributed by atoms with Crippen LogP contribution >= 0.6 is 0 Å². The van der Waals surface area contributed by atoms with Gasteiger partial charge in [0.15, 0.2) is 0 Å². The van der Waals surface area contributed by atoms with Crippen LogP contribution < -0.4 is 5.32 Å². The monoisotopic (exact) mass is 417 g/mol. The molecule has 0 aliphatic carbocycles. The highest BCUT2D eigenvalue weighted by molar-refractivity contribution is 5.90. The molecule has 0 heterocycles. The summed E-state index contributed by atoms with van der Waals surface area (Å²) in [6.45, 7) is 7.84. The van der Waals surface area contributed by atoms with Gasteiger partial charge in [-0.1, -0.05) is 83.3 Å². The molecule has 0 bridgehead atoms. The maximum absolute atomic E-state index is 12.1. The van der Waals surface area contributed by atoms with Gasteiger partial charge in [-0.3, -0.25) is 9.59 Å². The average Bonchev–Trinajstić information content (AvgIpc) is 2.66. The molecule has 30 heavy (non-hydrogen) atoms. The standard InChI is InChI=1S/C26H43NO3/c1-5-6-7-8-9-10-11-12-13-14-15-16-24(28)27-23-19-17-22(18-20-23)21-25(29)30-26(2,3)4/h17-20H,5-16,21H2,1-4H3,(H,27,28). The summed E-state index contributed by atoms with van der Waals surface area (Å²) in [5.41, 5.74) is 1.18. The summed E-state index contributed by atoms with van der Waals surface area (Å²) in [5.74, 6) is -0.179. The molecule has 0 fully saturated rings. The third-order valence-electron chi connectivity index (χ3n) is 5.01. The second kappa shape index (κ2) is 15.0. The first kappa shape index (κ1) is 26.2. The van der Waals surface area contributed by atoms with Gasteiger partial charge in [0.05, 0.1) is 6.42 Å². The van der Waals surface area contributed by atoms with E-state index in [4.69, 9.17) is 4.74 Å². The Morgan fingerprint density at radius 2 is 1.30 bits per heavy atom. The molecule has 0 atom stereocenters. The molecule has 170 valence electrons. The zero-order chi connectivity index (χ0) is 22.2. The second-order valence-corrected chi connectivity index (χ2v) is 9.29. The van der Waals surface area contributed by atoms with Crippen LogP contribution in [0.4, 0.5) is 5.69 Å². The molecule has 0 aliphatic heterocycles. The van der Waals surface area contributed by atoms with Gasteiger partial charge in [-0.2, -0.15) is 0 Å². The van der Waals surface area contributed by atoms with Gasteiger partial charge in [-0.05, 0) is 44.9 Å². The number of hydrogen-bond acceptors (Lipinski definition) is 3. The number of anilines is 1. The van der Waals surface area contributed by atoms with E-state index in [-0.39, 0.29) is 18.3 Å². The minimum absolute atomic E-state index is 0.0609. The van der Waals surface area contributed by atoms with E-state index in [0.29, 0.717) is 6.42 Å². The van der Waals surface area contributed by atoms with Crippen molar-refractivity contribution < 1.29 is 14.3 Å². The van der Waals surface area contributed by atoms with Gasteiger partial charge in [0.1, 0.15) is 5.60 Å². The number of rotatable bonds is 15. The molecule has 4 heteroatoms. The Hall–Kier alpha value is -1.84. The number of benzene rings is 1. The molecule has 0 unspecified atom stereocenters. The van der Waals surface area contributed by atoms with E-state index >= 15 is 0 Å². The first-order chi connectivity index (χ1) is 14.3. The molecule has 0 spiro atoms. The molecule has 1 aromatic rings. The zero-order valence-corrected chi connectivity index (χ0v) is 19.7. The Morgan fingerprint density at radius 3 is 1.80 bits per heavy atom. The largest absolute Gasteiger partial charge is 0.460 e. The van der Waals surface area contributed by atoms with Gasteiger partial charge >= 0.3 is 5.97 Å². The van der Waals surface area contributed by atoms with Gasteiger partial charge in [-0.25, -0.2) is 0 Å². The van der Waals surface area contributed by atoms with Gasteiger partial charge in [-0.15, -0.1) is 0 Å². The smallest absolute Gasteiger partial charge is 0.310 e. The van der Waals surface area contributed by atoms with Gasteiger partial charge in [0.25, 0.3) is 0 Å². The highest BCUT2D eigenvalue weighted by Gasteiger charge is 2.16. The van der Waals surface area contributed by atoms with Crippen molar-refractivity contribution >= 4 is 17.6 Å². The second-order valence-electron chi connectivity index (χ2n) is 9.29. The van der Waals surface area contributed by atoms with Crippen LogP contribution in [0, 0.1) is 0 Å². The molecule has 1 N–H and O–H groups in total. The summed E-state index contributed by atoms with van der Waals surface area (Å²) in [6.07, 6.45) is 14.9. The molecule has 1 rings (SSSR count). The van der Waals surface area contributed by atoms with Crippen LogP contribution in [0.3, 0.4) is 0 Å². The molecule has 0 saturated carbocycles. The van der Waals surface area contributed by atoms with Gasteiger partial charge in [0.2, 0.25) is 5.91 Å². The number of unbranched alkanes of at least 4 members (excludes halogenated alkanes) is 10. The first-order valence-electron chi connectivity index (χ1n) is 11.9. The van der Waals surface area contributed by atoms with Crippen molar-refractivity contribution in [1.82, 2.24) is 0 Å². The lowest BCUT2D eigenvalue weighted by atomic mass is 10.1. The Balaban J connectivity index is 2.11. The molecule has 0 saturated heterocycles. The minimum Gasteiger partial charge on any atom is -0.460 e. The lowest BCUT2D eigenvalue weighted by Crippen LogP contribution is -2.24. The fourth-order valence-corrected chi connectivity index (χ4v) is 3.42. The van der Waals surface area contributed by atoms with Crippen molar-refractivity contribution in [1.29, 1.82) is 0 Å². The fourth-order valence-electron chi connectivity index (χ4n) is 3.42. The summed E-state index contributed by atoms with van der Waals surface area (Å²) in [5, 5.41) is 2.94. The van der Waals surface area contributed by atoms with E-state index in [0.717, 1.165) is 24.1 Å². The summed E-state index contributed by atoms with van der Waals surface area (Å²) >= 11 is 0. The minimum atomic E-state index is -0.473. The predicted octanol–water partition coefficient (Wildman–Crippen LogP) is 7.21. The van der Waals surface area contributed by atoms with Crippen LogP contribution in [-0.4, -0.2) is 17.5 Å². The maximum atomic E-state index is 12.1. The van der Waals surface area contributed by atoms with Crippen molar-refractivity contribution in [3.63, 3.8) is 0 Å². The summed E-state index contributed by atoms with van der Waals surface area (Å²) in [6, 6.07) is 7.42. The molecular weight excluding hydrogens is 374 g/mol. The van der Waals surface area contributed by atoms with Crippen LogP contribution in [0.2, 0.25) is 0 Å². The van der Waals surface area contributed by atoms with E-state index in [1.54, 1.807) is 0 Å². The Kier molecular flexibility index (Phi) is 13.1. The fraction of sp³-hybridized carbons (Fsp3) is 0.692. The number of ether oxygens (including phenoxy) is 1. The summed E-state index contributed by atoms with van der Waals surface area (Å²) in [4.78, 5) is 24.0. The number of nitrogens with one attached hydrogen (secondary N) is 1. The molecule has 0 radical (unpaired) electrons. The van der Waals surface area contributed by atoms with E-state index in [1.165, 1.54) is 57.8 Å². The van der Waals surface area contributed by atoms with E-state index in [2.05, 4.69) is 12.2 Å². The van der Waals surface area contributed by atoms with Crippen LogP contribution in [0.5, 0.6) is 0 Å². The third-order valence-corrected chi connectivity index (χ3v) is 5.01. The highest BCUT2D eigenvalue weighted by atomic mass is 16.6. The number of amides is 1. The quantitative estimate of drug-likeness (QED) is 0.242. The SMILES string of the molecule is CCCCCCCCCCCCCC(=O)Nc1ccc(CC(=O)OC(C)(C)C)cc1. The Bertz CT molecular complexity index is 602. The van der Waals surface area contributed by atoms with Gasteiger partial charge < -0.3 is 10.1 Å². The maximum Gasteiger partial charge on any atom is 0.310 e. The Labute approximate surface area is 184 Å². The lowest BCUT2D eigenvalue weighted by molar-refractivity contribution is -0.153. The topological polar surface area (TPSA) is 55.4 Å². The van der Waals surface area contributed by atoms with Crippen molar-refractivity contribution in [3.05, 3.63) is 29.8 Å². The van der Waals surface area contributed by atoms with E-state index in [9.17, 15) is 9.59 Å². The molecule has 0 aliphatic rings. The number of carbonyl (C=O) groups excluding carboxylic acids is 2. The van der Waals surface area contributed by atoms with Crippen molar-refractivity contribution in [2.45, 2.75) is 117 Å². The first-order valence-corrected chi connectivity index (χ1v) is 11.9. The van der Waals surface area contributed by atoms with E-state index in [1.807, 2.05) is 45.0 Å². The summed E-state index contributed by atoms with van der Waals surface area (Å²) in [7, 11) is 0. The van der Waals surface area contributed by atoms with Crippen LogP contribution in [-0.2, 0) is 20.7 Å². The number of hydrogen-bond donors (Lipinski definition) is 1. The van der Waals surface area contributed by atoms with Crippen molar-refractivity contribution in [2.24, 2.45) is 0 Å². The number of esters is 1. The lowest BCUT2D eigenvalue weighted by Gasteiger charge is -2.19. The van der Waals surface area contributed by atoms with E-state index < -0.39 is 5.60 Å². The van der Waals surface area contributed by atoms with Gasteiger partial charge in [0, 0.05) is 12.1 Å². The van der Waals surface area contributed by atoms with Crippen molar-refractivity contribution in [3.8, 4) is 0 Å². The van der Waals surface area contributed by atoms with Crippen LogP contribution in [0.1, 0.15) is 110 Å². The predicted molar refractivity (Wildman–Crippen MR) is 126 cm³/mol. The van der Waals surface area contributed by atoms with Crippen molar-refractivity contribution in [2.75, 3.05) is 5.32 Å². The molecular formula is C26H43NO3. The number of carbonyl (C=O) groups is 2.